The second kappa shape index (κ2) is 11.9. The second-order valence-electron chi connectivity index (χ2n) is 9.12. The number of carbonyl (C=O) groups excluding carboxylic acids is 1. The average molecular weight is 517 g/mol. The quantitative estimate of drug-likeness (QED) is 0.594. The van der Waals surface area contributed by atoms with E-state index in [9.17, 15) is 22.7 Å². The number of benzene rings is 2. The number of unbranched alkanes of at least 4 members (excludes halogenated alkanes) is 1. The van der Waals surface area contributed by atoms with Crippen molar-refractivity contribution in [1.29, 1.82) is 0 Å². The van der Waals surface area contributed by atoms with Crippen molar-refractivity contribution in [2.24, 2.45) is 5.92 Å². The van der Waals surface area contributed by atoms with Gasteiger partial charge >= 0.3 is 0 Å². The molecule has 0 saturated heterocycles. The Hall–Kier alpha value is -2.93. The molecule has 3 atom stereocenters. The first-order valence-electron chi connectivity index (χ1n) is 12.0. The van der Waals surface area contributed by atoms with Crippen LogP contribution in [-0.2, 0) is 10.0 Å². The van der Waals surface area contributed by atoms with Crippen molar-refractivity contribution >= 4 is 15.9 Å². The SMILES string of the molecule is CCCC#Cc1ccc2c(c1)O[C@H](CN(C)C(=O)c1ccccc1F)[C@H](C)CN([C@@H](C)CO)S2(=O)=O. The van der Waals surface area contributed by atoms with Gasteiger partial charge in [-0.1, -0.05) is 37.8 Å². The first-order valence-corrected chi connectivity index (χ1v) is 13.5. The molecule has 0 radical (unpaired) electrons. The van der Waals surface area contributed by atoms with Gasteiger partial charge in [-0.05, 0) is 43.7 Å². The van der Waals surface area contributed by atoms with Crippen LogP contribution in [0.2, 0.25) is 0 Å². The second-order valence-corrected chi connectivity index (χ2v) is 11.0. The minimum Gasteiger partial charge on any atom is -0.487 e. The fourth-order valence-corrected chi connectivity index (χ4v) is 5.83. The zero-order valence-electron chi connectivity index (χ0n) is 21.1. The maximum atomic E-state index is 14.2. The molecule has 0 bridgehead atoms. The summed E-state index contributed by atoms with van der Waals surface area (Å²) >= 11 is 0. The minimum absolute atomic E-state index is 0.0242. The Morgan fingerprint density at radius 1 is 1.31 bits per heavy atom. The molecule has 1 amide bonds. The summed E-state index contributed by atoms with van der Waals surface area (Å²) in [6.45, 7) is 5.31. The van der Waals surface area contributed by atoms with Gasteiger partial charge in [0.2, 0.25) is 10.0 Å². The van der Waals surface area contributed by atoms with Crippen LogP contribution in [-0.4, -0.2) is 67.5 Å². The number of hydrogen-bond acceptors (Lipinski definition) is 5. The van der Waals surface area contributed by atoms with Crippen LogP contribution in [0.25, 0.3) is 0 Å². The van der Waals surface area contributed by atoms with E-state index >= 15 is 0 Å². The molecule has 1 heterocycles. The third-order valence-electron chi connectivity index (χ3n) is 6.18. The fourth-order valence-electron chi connectivity index (χ4n) is 4.00. The van der Waals surface area contributed by atoms with Gasteiger partial charge in [0.1, 0.15) is 22.6 Å². The molecule has 194 valence electrons. The third-order valence-corrected chi connectivity index (χ3v) is 8.20. The molecule has 0 spiro atoms. The number of likely N-dealkylation sites (N-methyl/N-ethyl adjacent to an activating group) is 1. The molecule has 3 rings (SSSR count). The summed E-state index contributed by atoms with van der Waals surface area (Å²) in [6, 6.07) is 9.80. The molecule has 7 nitrogen and oxygen atoms in total. The standard InChI is InChI=1S/C27H33FN2O5S/c1-5-6-7-10-21-13-14-26-24(15-21)35-25(19(2)16-30(20(3)18-31)36(26,33)34)17-29(4)27(32)22-11-8-9-12-23(22)28/h8-9,11-15,19-20,25,31H,5-6,16-18H2,1-4H3/t19-,20+,25-/m1/s1. The molecule has 0 aliphatic carbocycles. The number of hydrogen-bond donors (Lipinski definition) is 1. The summed E-state index contributed by atoms with van der Waals surface area (Å²) in [7, 11) is -2.42. The Bertz CT molecular complexity index is 1250. The molecule has 2 aromatic carbocycles. The van der Waals surface area contributed by atoms with E-state index in [-0.39, 0.29) is 41.8 Å². The maximum absolute atomic E-state index is 14.2. The Morgan fingerprint density at radius 3 is 2.69 bits per heavy atom. The summed E-state index contributed by atoms with van der Waals surface area (Å²) in [5.41, 5.74) is 0.562. The highest BCUT2D eigenvalue weighted by Crippen LogP contribution is 2.34. The summed E-state index contributed by atoms with van der Waals surface area (Å²) < 4.78 is 48.8. The molecule has 0 saturated carbocycles. The van der Waals surface area contributed by atoms with Crippen molar-refractivity contribution in [2.75, 3.05) is 26.7 Å². The molecule has 0 aromatic heterocycles. The van der Waals surface area contributed by atoms with E-state index in [0.717, 1.165) is 6.42 Å². The van der Waals surface area contributed by atoms with Crippen LogP contribution in [0.4, 0.5) is 4.39 Å². The molecule has 1 aliphatic heterocycles. The topological polar surface area (TPSA) is 87.2 Å². The Morgan fingerprint density at radius 2 is 2.03 bits per heavy atom. The fraction of sp³-hybridized carbons (Fsp3) is 0.444. The predicted molar refractivity (Wildman–Crippen MR) is 136 cm³/mol. The van der Waals surface area contributed by atoms with Crippen LogP contribution < -0.4 is 4.74 Å². The van der Waals surface area contributed by atoms with Crippen molar-refractivity contribution in [3.8, 4) is 17.6 Å². The number of sulfonamides is 1. The summed E-state index contributed by atoms with van der Waals surface area (Å²) in [5, 5.41) is 9.77. The molecular formula is C27H33FN2O5S. The molecule has 36 heavy (non-hydrogen) atoms. The van der Waals surface area contributed by atoms with Crippen LogP contribution in [0.3, 0.4) is 0 Å². The van der Waals surface area contributed by atoms with E-state index in [0.29, 0.717) is 12.0 Å². The minimum atomic E-state index is -3.98. The molecule has 1 N–H and O–H groups in total. The smallest absolute Gasteiger partial charge is 0.256 e. The summed E-state index contributed by atoms with van der Waals surface area (Å²) in [6.07, 6.45) is 1.01. The average Bonchev–Trinajstić information content (AvgIpc) is 2.85. The maximum Gasteiger partial charge on any atom is 0.256 e. The van der Waals surface area contributed by atoms with Crippen molar-refractivity contribution in [2.45, 2.75) is 50.7 Å². The van der Waals surface area contributed by atoms with E-state index in [1.807, 2.05) is 13.8 Å². The zero-order chi connectivity index (χ0) is 26.5. The number of halogens is 1. The Labute approximate surface area is 212 Å². The van der Waals surface area contributed by atoms with Gasteiger partial charge in [0.15, 0.2) is 0 Å². The van der Waals surface area contributed by atoms with Gasteiger partial charge in [-0.15, -0.1) is 0 Å². The van der Waals surface area contributed by atoms with Crippen LogP contribution in [0.5, 0.6) is 5.75 Å². The highest BCUT2D eigenvalue weighted by Gasteiger charge is 2.38. The van der Waals surface area contributed by atoms with Gasteiger partial charge in [-0.25, -0.2) is 12.8 Å². The van der Waals surface area contributed by atoms with Gasteiger partial charge in [-0.2, -0.15) is 4.31 Å². The number of aliphatic hydroxyl groups is 1. The Balaban J connectivity index is 2.01. The highest BCUT2D eigenvalue weighted by molar-refractivity contribution is 7.89. The first-order chi connectivity index (χ1) is 17.1. The molecule has 2 aromatic rings. The van der Waals surface area contributed by atoms with Crippen LogP contribution >= 0.6 is 0 Å². The first kappa shape index (κ1) is 27.7. The van der Waals surface area contributed by atoms with Gasteiger partial charge < -0.3 is 14.7 Å². The number of nitrogens with zero attached hydrogens (tertiary/aromatic N) is 2. The van der Waals surface area contributed by atoms with Crippen molar-refractivity contribution < 1.29 is 27.4 Å². The number of rotatable bonds is 6. The van der Waals surface area contributed by atoms with Gasteiger partial charge in [0.05, 0.1) is 18.7 Å². The van der Waals surface area contributed by atoms with Crippen molar-refractivity contribution in [3.63, 3.8) is 0 Å². The number of ether oxygens (including phenoxy) is 1. The summed E-state index contributed by atoms with van der Waals surface area (Å²) in [5.74, 6) is 4.74. The molecular weight excluding hydrogens is 483 g/mol. The van der Waals surface area contributed by atoms with Crippen molar-refractivity contribution in [1.82, 2.24) is 9.21 Å². The number of fused-ring (bicyclic) bond motifs is 1. The van der Waals surface area contributed by atoms with E-state index in [1.165, 1.54) is 33.5 Å². The molecule has 0 fully saturated rings. The molecule has 1 aliphatic rings. The normalized spacial score (nSPS) is 20.1. The molecule has 0 unspecified atom stereocenters. The zero-order valence-corrected chi connectivity index (χ0v) is 21.9. The van der Waals surface area contributed by atoms with Crippen LogP contribution in [0, 0.1) is 23.6 Å². The molecule has 9 heteroatoms. The third kappa shape index (κ3) is 6.06. The summed E-state index contributed by atoms with van der Waals surface area (Å²) in [4.78, 5) is 14.3. The van der Waals surface area contributed by atoms with Crippen LogP contribution in [0.15, 0.2) is 47.4 Å². The van der Waals surface area contributed by atoms with Crippen molar-refractivity contribution in [3.05, 3.63) is 59.4 Å². The Kier molecular flexibility index (Phi) is 9.12. The lowest BCUT2D eigenvalue weighted by Crippen LogP contribution is -2.50. The number of amides is 1. The number of aliphatic hydroxyl groups excluding tert-OH is 1. The van der Waals surface area contributed by atoms with Crippen LogP contribution in [0.1, 0.15) is 49.5 Å². The lowest BCUT2D eigenvalue weighted by atomic mass is 10.0. The predicted octanol–water partition coefficient (Wildman–Crippen LogP) is 3.52. The van der Waals surface area contributed by atoms with E-state index < -0.39 is 33.9 Å². The lowest BCUT2D eigenvalue weighted by molar-refractivity contribution is 0.0560. The monoisotopic (exact) mass is 516 g/mol. The largest absolute Gasteiger partial charge is 0.487 e. The highest BCUT2D eigenvalue weighted by atomic mass is 32.2. The van der Waals surface area contributed by atoms with E-state index in [4.69, 9.17) is 4.74 Å². The lowest BCUT2D eigenvalue weighted by Gasteiger charge is -2.37. The van der Waals surface area contributed by atoms with E-state index in [2.05, 4.69) is 11.8 Å². The number of carbonyl (C=O) groups is 1. The van der Waals surface area contributed by atoms with Gasteiger partial charge in [0.25, 0.3) is 5.91 Å². The van der Waals surface area contributed by atoms with Gasteiger partial charge in [-0.3, -0.25) is 4.79 Å². The van der Waals surface area contributed by atoms with Gasteiger partial charge in [0, 0.05) is 37.5 Å². The van der Waals surface area contributed by atoms with E-state index in [1.54, 1.807) is 32.2 Å².